The van der Waals surface area contributed by atoms with Crippen LogP contribution in [0.4, 0.5) is 13.2 Å². The molecule has 1 aromatic carbocycles. The summed E-state index contributed by atoms with van der Waals surface area (Å²) in [6.07, 6.45) is -4.54. The van der Waals surface area contributed by atoms with Crippen molar-refractivity contribution in [1.82, 2.24) is 14.8 Å². The van der Waals surface area contributed by atoms with E-state index in [2.05, 4.69) is 0 Å². The van der Waals surface area contributed by atoms with Crippen molar-refractivity contribution in [3.63, 3.8) is 0 Å². The molecule has 2 heterocycles. The van der Waals surface area contributed by atoms with Crippen LogP contribution in [0.5, 0.6) is 5.75 Å². The molecule has 3 rings (SSSR count). The average Bonchev–Trinajstić information content (AvgIpc) is 3.19. The lowest BCUT2D eigenvalue weighted by molar-refractivity contribution is -0.140. The molecule has 0 spiro atoms. The summed E-state index contributed by atoms with van der Waals surface area (Å²) in [4.78, 5) is 50.9. The maximum Gasteiger partial charge on any atom is 0.416 e. The van der Waals surface area contributed by atoms with Gasteiger partial charge in [0.15, 0.2) is 0 Å². The van der Waals surface area contributed by atoms with Crippen LogP contribution in [0, 0.1) is 5.41 Å². The molecule has 3 N–H and O–H groups in total. The van der Waals surface area contributed by atoms with Gasteiger partial charge in [0, 0.05) is 16.7 Å². The van der Waals surface area contributed by atoms with Gasteiger partial charge in [-0.15, -0.1) is 0 Å². The molecule has 1 aromatic heterocycles. The minimum atomic E-state index is -4.54. The lowest BCUT2D eigenvalue weighted by atomic mass is 9.95. The van der Waals surface area contributed by atoms with Crippen molar-refractivity contribution in [2.75, 3.05) is 6.54 Å². The van der Waals surface area contributed by atoms with Gasteiger partial charge in [-0.25, -0.2) is 0 Å². The van der Waals surface area contributed by atoms with E-state index in [1.54, 1.807) is 20.8 Å². The van der Waals surface area contributed by atoms with E-state index in [-0.39, 0.29) is 36.8 Å². The molecule has 0 unspecified atom stereocenters. The number of carbonyl (C=O) groups excluding carboxylic acids is 2. The topological polar surface area (TPSA) is 129 Å². The second-order valence-electron chi connectivity index (χ2n) is 9.22. The second kappa shape index (κ2) is 9.08. The summed E-state index contributed by atoms with van der Waals surface area (Å²) in [5, 5.41) is 21.6. The number of alkyl halides is 3. The van der Waals surface area contributed by atoms with Crippen LogP contribution in [-0.2, 0) is 35.4 Å². The number of nitrogens with zero attached hydrogens (tertiary/aromatic N) is 2. The summed E-state index contributed by atoms with van der Waals surface area (Å²) < 4.78 is 39.9. The monoisotopic (exact) mass is 495 g/mol. The largest absolute Gasteiger partial charge is 0.506 e. The lowest BCUT2D eigenvalue weighted by Gasteiger charge is -2.25. The Bertz CT molecular complexity index is 1240. The first-order valence-electron chi connectivity index (χ1n) is 10.5. The van der Waals surface area contributed by atoms with Gasteiger partial charge in [-0.05, 0) is 17.7 Å². The van der Waals surface area contributed by atoms with Gasteiger partial charge in [-0.3, -0.25) is 19.2 Å². The Balaban J connectivity index is 2.10. The minimum absolute atomic E-state index is 0.0636. The predicted molar refractivity (Wildman–Crippen MR) is 117 cm³/mol. The normalized spacial score (nSPS) is 13.5. The average molecular weight is 495 g/mol. The van der Waals surface area contributed by atoms with E-state index in [0.29, 0.717) is 5.56 Å². The molecule has 0 atom stereocenters. The molecular weight excluding hydrogens is 471 g/mol. The maximum atomic E-state index is 13.3. The van der Waals surface area contributed by atoms with Crippen LogP contribution in [0.2, 0.25) is 0 Å². The number of aliphatic carboxylic acids is 1. The lowest BCUT2D eigenvalue weighted by Crippen LogP contribution is -2.37. The maximum absolute atomic E-state index is 13.3. The Kier molecular flexibility index (Phi) is 6.69. The van der Waals surface area contributed by atoms with E-state index in [1.165, 1.54) is 17.0 Å². The fraction of sp³-hybridized carbons (Fsp3) is 0.391. The molecule has 9 nitrogen and oxygen atoms in total. The van der Waals surface area contributed by atoms with Gasteiger partial charge in [0.05, 0.1) is 25.2 Å². The van der Waals surface area contributed by atoms with Crippen LogP contribution in [0.1, 0.15) is 53.5 Å². The summed E-state index contributed by atoms with van der Waals surface area (Å²) in [5.74, 6) is -3.44. The first-order valence-corrected chi connectivity index (χ1v) is 10.5. The van der Waals surface area contributed by atoms with Crippen LogP contribution >= 0.6 is 0 Å². The van der Waals surface area contributed by atoms with Crippen molar-refractivity contribution in [3.05, 3.63) is 62.6 Å². The SMILES string of the molecule is CC(C)(C)C(=O)N1Cc2c(O)c(C(=O)NCC(=O)O)c(=O)n(Cc3ccc(C(F)(F)F)cc3)c2C1. The number of hydrogen-bond donors (Lipinski definition) is 3. The fourth-order valence-corrected chi connectivity index (χ4v) is 3.80. The second-order valence-corrected chi connectivity index (χ2v) is 9.22. The highest BCUT2D eigenvalue weighted by atomic mass is 19.4. The molecule has 0 saturated heterocycles. The Morgan fingerprint density at radius 3 is 2.17 bits per heavy atom. The summed E-state index contributed by atoms with van der Waals surface area (Å²) in [6, 6.07) is 4.09. The molecule has 12 heteroatoms. The zero-order valence-corrected chi connectivity index (χ0v) is 19.2. The van der Waals surface area contributed by atoms with Crippen LogP contribution in [0.3, 0.4) is 0 Å². The Morgan fingerprint density at radius 1 is 1.06 bits per heavy atom. The number of nitrogens with one attached hydrogen (secondary N) is 1. The number of hydrogen-bond acceptors (Lipinski definition) is 5. The zero-order valence-electron chi connectivity index (χ0n) is 19.2. The number of pyridine rings is 1. The molecule has 35 heavy (non-hydrogen) atoms. The fourth-order valence-electron chi connectivity index (χ4n) is 3.80. The van der Waals surface area contributed by atoms with E-state index < -0.39 is 52.4 Å². The molecule has 188 valence electrons. The van der Waals surface area contributed by atoms with Crippen LogP contribution in [0.15, 0.2) is 29.1 Å². The number of aromatic nitrogens is 1. The van der Waals surface area contributed by atoms with Crippen molar-refractivity contribution in [2.45, 2.75) is 46.6 Å². The number of halogens is 3. The number of rotatable bonds is 5. The molecular formula is C23H24F3N3O6. The highest BCUT2D eigenvalue weighted by Crippen LogP contribution is 2.34. The van der Waals surface area contributed by atoms with E-state index in [4.69, 9.17) is 5.11 Å². The smallest absolute Gasteiger partial charge is 0.416 e. The quantitative estimate of drug-likeness (QED) is 0.584. The third-order valence-corrected chi connectivity index (χ3v) is 5.52. The Labute approximate surface area is 197 Å². The Hall–Kier alpha value is -3.83. The molecule has 0 fully saturated rings. The van der Waals surface area contributed by atoms with Gasteiger partial charge in [-0.1, -0.05) is 32.9 Å². The summed E-state index contributed by atoms with van der Waals surface area (Å²) in [7, 11) is 0. The highest BCUT2D eigenvalue weighted by Gasteiger charge is 2.37. The standard InChI is InChI=1S/C23H24F3N3O6/c1-22(2,3)21(35)28-10-14-15(11-28)29(9-12-4-6-13(7-5-12)23(24,25)26)20(34)17(18(14)32)19(33)27-8-16(30)31/h4-7,32H,8-11H2,1-3H3,(H,27,33)(H,30,31). The molecule has 2 aromatic rings. The number of aromatic hydroxyl groups is 1. The van der Waals surface area contributed by atoms with Crippen molar-refractivity contribution >= 4 is 17.8 Å². The van der Waals surface area contributed by atoms with Gasteiger partial charge in [-0.2, -0.15) is 13.2 Å². The number of carboxylic acids is 1. The Morgan fingerprint density at radius 2 is 1.66 bits per heavy atom. The molecule has 0 aliphatic carbocycles. The third kappa shape index (κ3) is 5.31. The van der Waals surface area contributed by atoms with E-state index in [1.807, 2.05) is 5.32 Å². The highest BCUT2D eigenvalue weighted by molar-refractivity contribution is 5.98. The third-order valence-electron chi connectivity index (χ3n) is 5.52. The van der Waals surface area contributed by atoms with E-state index >= 15 is 0 Å². The molecule has 0 bridgehead atoms. The van der Waals surface area contributed by atoms with Crippen molar-refractivity contribution in [3.8, 4) is 5.75 Å². The summed E-state index contributed by atoms with van der Waals surface area (Å²) in [6.45, 7) is 3.86. The summed E-state index contributed by atoms with van der Waals surface area (Å²) in [5.41, 5.74) is -2.64. The van der Waals surface area contributed by atoms with Gasteiger partial charge in [0.25, 0.3) is 11.5 Å². The zero-order chi connectivity index (χ0) is 26.3. The van der Waals surface area contributed by atoms with E-state index in [9.17, 15) is 37.5 Å². The molecule has 1 aliphatic rings. The predicted octanol–water partition coefficient (Wildman–Crippen LogP) is 2.32. The number of carboxylic acid groups (broad SMARTS) is 1. The number of fused-ring (bicyclic) bond motifs is 1. The molecule has 0 radical (unpaired) electrons. The first kappa shape index (κ1) is 25.8. The van der Waals surface area contributed by atoms with Gasteiger partial charge >= 0.3 is 12.1 Å². The van der Waals surface area contributed by atoms with Crippen molar-refractivity contribution in [2.24, 2.45) is 5.41 Å². The van der Waals surface area contributed by atoms with Gasteiger partial charge in [0.1, 0.15) is 17.9 Å². The number of benzene rings is 1. The van der Waals surface area contributed by atoms with Crippen LogP contribution in [-0.4, -0.2) is 44.0 Å². The van der Waals surface area contributed by atoms with Crippen molar-refractivity contribution in [1.29, 1.82) is 0 Å². The summed E-state index contributed by atoms with van der Waals surface area (Å²) >= 11 is 0. The van der Waals surface area contributed by atoms with Crippen LogP contribution < -0.4 is 10.9 Å². The minimum Gasteiger partial charge on any atom is -0.506 e. The number of carbonyl (C=O) groups is 3. The first-order chi connectivity index (χ1) is 16.1. The van der Waals surface area contributed by atoms with E-state index in [0.717, 1.165) is 16.7 Å². The molecule has 0 saturated carbocycles. The van der Waals surface area contributed by atoms with Gasteiger partial charge < -0.3 is 25.0 Å². The van der Waals surface area contributed by atoms with Crippen molar-refractivity contribution < 1.29 is 37.8 Å². The van der Waals surface area contributed by atoms with Gasteiger partial charge in [0.2, 0.25) is 5.91 Å². The van der Waals surface area contributed by atoms with Crippen LogP contribution in [0.25, 0.3) is 0 Å². The molecule has 2 amide bonds. The molecule has 1 aliphatic heterocycles. The number of amides is 2.